The second kappa shape index (κ2) is 13.0. The number of amides is 3. The molecule has 0 aliphatic carbocycles. The maximum absolute atomic E-state index is 14.4. The fourth-order valence-corrected chi connectivity index (χ4v) is 5.66. The largest absolute Gasteiger partial charge is 0.444 e. The lowest BCUT2D eigenvalue weighted by Gasteiger charge is -2.39. The number of carbonyl (C=O) groups is 3. The maximum atomic E-state index is 14.4. The van der Waals surface area contributed by atoms with Crippen LogP contribution in [-0.4, -0.2) is 70.0 Å². The van der Waals surface area contributed by atoms with Gasteiger partial charge in [-0.3, -0.25) is 24.4 Å². The van der Waals surface area contributed by atoms with Crippen molar-refractivity contribution in [3.8, 4) is 6.19 Å². The Morgan fingerprint density at radius 2 is 1.70 bits per heavy atom. The number of likely N-dealkylation sites (tertiary alicyclic amines) is 2. The Balaban J connectivity index is 1.66. The van der Waals surface area contributed by atoms with Crippen molar-refractivity contribution in [2.75, 3.05) is 24.5 Å². The van der Waals surface area contributed by atoms with Crippen molar-refractivity contribution in [3.63, 3.8) is 0 Å². The lowest BCUT2D eigenvalue weighted by molar-refractivity contribution is -0.136. The summed E-state index contributed by atoms with van der Waals surface area (Å²) in [5.74, 6) is -0.510. The minimum Gasteiger partial charge on any atom is -0.444 e. The zero-order valence-electron chi connectivity index (χ0n) is 26.2. The summed E-state index contributed by atoms with van der Waals surface area (Å²) in [4.78, 5) is 50.3. The average Bonchev–Trinajstić information content (AvgIpc) is 3.44. The number of nitrogens with zero attached hydrogens (tertiary/aromatic N) is 5. The molecular formula is C33H44N6O4. The molecule has 4 rings (SSSR count). The zero-order valence-corrected chi connectivity index (χ0v) is 26.2. The summed E-state index contributed by atoms with van der Waals surface area (Å²) in [6.07, 6.45) is 7.34. The molecule has 0 radical (unpaired) electrons. The third kappa shape index (κ3) is 7.83. The molecule has 10 nitrogen and oxygen atoms in total. The number of carbonyl (C=O) groups excluding carboxylic acids is 3. The summed E-state index contributed by atoms with van der Waals surface area (Å²) in [5, 5.41) is 12.7. The van der Waals surface area contributed by atoms with Gasteiger partial charge in [0.1, 0.15) is 17.7 Å². The Labute approximate surface area is 255 Å². The minimum absolute atomic E-state index is 0.0906. The van der Waals surface area contributed by atoms with Crippen molar-refractivity contribution in [2.45, 2.75) is 96.4 Å². The first-order valence-electron chi connectivity index (χ1n) is 15.1. The maximum Gasteiger partial charge on any atom is 0.407 e. The summed E-state index contributed by atoms with van der Waals surface area (Å²) in [5.41, 5.74) is 1.60. The number of alkyl carbamates (subject to hydrolysis) is 1. The number of hydrogen-bond acceptors (Lipinski definition) is 7. The van der Waals surface area contributed by atoms with E-state index >= 15 is 0 Å². The molecule has 3 heterocycles. The number of hydrogen-bond donors (Lipinski definition) is 1. The Bertz CT molecular complexity index is 1320. The molecule has 1 aromatic heterocycles. The second-order valence-corrected chi connectivity index (χ2v) is 13.4. The average molecular weight is 589 g/mol. The van der Waals surface area contributed by atoms with E-state index in [0.29, 0.717) is 50.1 Å². The molecule has 0 spiro atoms. The molecule has 2 aliphatic heterocycles. The molecule has 3 amide bonds. The van der Waals surface area contributed by atoms with Gasteiger partial charge in [-0.15, -0.1) is 0 Å². The molecule has 0 saturated carbocycles. The van der Waals surface area contributed by atoms with Gasteiger partial charge in [-0.05, 0) is 75.6 Å². The Morgan fingerprint density at radius 3 is 2.26 bits per heavy atom. The van der Waals surface area contributed by atoms with Crippen LogP contribution in [0.2, 0.25) is 0 Å². The molecule has 2 saturated heterocycles. The third-order valence-electron chi connectivity index (χ3n) is 7.93. The number of piperidine rings is 1. The van der Waals surface area contributed by atoms with E-state index in [1.165, 1.54) is 4.90 Å². The quantitative estimate of drug-likeness (QED) is 0.476. The summed E-state index contributed by atoms with van der Waals surface area (Å²) in [6, 6.07) is 9.58. The molecule has 2 aromatic rings. The van der Waals surface area contributed by atoms with E-state index in [2.05, 4.69) is 37.3 Å². The van der Waals surface area contributed by atoms with Crippen LogP contribution in [0.4, 0.5) is 10.5 Å². The fraction of sp³-hybridized carbons (Fsp3) is 0.545. The van der Waals surface area contributed by atoms with E-state index in [9.17, 15) is 19.6 Å². The standard InChI is InChI=1S/C33H44N6O4/c1-32(2,3)24-11-13-26(14-12-24)39(29(40)27-10-8-18-38(27)22-34)28(23-9-7-17-35-21-23)30(41)37-19-15-25(16-20-37)36-31(42)43-33(4,5)6/h7,9,11-14,17,21,25,27-28H,8,10,15-16,18-20H2,1-6H3,(H,36,42)/t27-,28?/m1/s1. The van der Waals surface area contributed by atoms with Crippen molar-refractivity contribution >= 4 is 23.6 Å². The van der Waals surface area contributed by atoms with Gasteiger partial charge in [0, 0.05) is 49.3 Å². The first-order valence-corrected chi connectivity index (χ1v) is 15.1. The molecule has 2 aliphatic rings. The Kier molecular flexibility index (Phi) is 9.63. The first kappa shape index (κ1) is 31.8. The Morgan fingerprint density at radius 1 is 1.02 bits per heavy atom. The van der Waals surface area contributed by atoms with Crippen molar-refractivity contribution < 1.29 is 19.1 Å². The van der Waals surface area contributed by atoms with Crippen molar-refractivity contribution in [3.05, 3.63) is 59.9 Å². The molecule has 1 aromatic carbocycles. The smallest absolute Gasteiger partial charge is 0.407 e. The number of nitriles is 1. The summed E-state index contributed by atoms with van der Waals surface area (Å²) in [7, 11) is 0. The van der Waals surface area contributed by atoms with Crippen LogP contribution < -0.4 is 10.2 Å². The number of nitrogens with one attached hydrogen (secondary N) is 1. The highest BCUT2D eigenvalue weighted by atomic mass is 16.6. The van der Waals surface area contributed by atoms with Gasteiger partial charge in [0.15, 0.2) is 6.19 Å². The van der Waals surface area contributed by atoms with Crippen molar-refractivity contribution in [2.24, 2.45) is 0 Å². The monoisotopic (exact) mass is 588 g/mol. The van der Waals surface area contributed by atoms with Crippen LogP contribution in [0.15, 0.2) is 48.8 Å². The first-order chi connectivity index (χ1) is 20.3. The molecule has 2 fully saturated rings. The lowest BCUT2D eigenvalue weighted by Crippen LogP contribution is -2.53. The van der Waals surface area contributed by atoms with E-state index in [-0.39, 0.29) is 23.3 Å². The highest BCUT2D eigenvalue weighted by Gasteiger charge is 2.42. The minimum atomic E-state index is -0.974. The molecule has 10 heteroatoms. The topological polar surface area (TPSA) is 119 Å². The SMILES string of the molecule is CC(C)(C)OC(=O)NC1CCN(C(=O)C(c2cccnc2)N(C(=O)[C@H]2CCCN2C#N)c2ccc(C(C)(C)C)cc2)CC1. The van der Waals surface area contributed by atoms with Crippen molar-refractivity contribution in [1.82, 2.24) is 20.1 Å². The number of rotatable bonds is 6. The number of benzene rings is 1. The lowest BCUT2D eigenvalue weighted by atomic mass is 9.87. The van der Waals surface area contributed by atoms with Gasteiger partial charge in [0.25, 0.3) is 5.91 Å². The predicted molar refractivity (Wildman–Crippen MR) is 164 cm³/mol. The van der Waals surface area contributed by atoms with Crippen LogP contribution in [-0.2, 0) is 19.7 Å². The summed E-state index contributed by atoms with van der Waals surface area (Å²) in [6.45, 7) is 13.1. The molecular weight excluding hydrogens is 544 g/mol. The van der Waals surface area contributed by atoms with Crippen LogP contribution in [0.3, 0.4) is 0 Å². The Hall–Kier alpha value is -4.13. The number of pyridine rings is 1. The van der Waals surface area contributed by atoms with Crippen LogP contribution in [0.5, 0.6) is 0 Å². The molecule has 0 bridgehead atoms. The van der Waals surface area contributed by atoms with Crippen LogP contribution >= 0.6 is 0 Å². The highest BCUT2D eigenvalue weighted by molar-refractivity contribution is 6.04. The molecule has 1 unspecified atom stereocenters. The van der Waals surface area contributed by atoms with Gasteiger partial charge in [-0.1, -0.05) is 39.0 Å². The number of anilines is 1. The molecule has 43 heavy (non-hydrogen) atoms. The predicted octanol–water partition coefficient (Wildman–Crippen LogP) is 4.91. The van der Waals surface area contributed by atoms with Gasteiger partial charge in [-0.2, -0.15) is 5.26 Å². The molecule has 230 valence electrons. The third-order valence-corrected chi connectivity index (χ3v) is 7.93. The van der Waals surface area contributed by atoms with Crippen LogP contribution in [0, 0.1) is 11.5 Å². The van der Waals surface area contributed by atoms with E-state index in [4.69, 9.17) is 4.74 Å². The molecule has 2 atom stereocenters. The normalized spacial score (nSPS) is 18.5. The van der Waals surface area contributed by atoms with E-state index in [1.807, 2.05) is 51.1 Å². The van der Waals surface area contributed by atoms with E-state index in [0.717, 1.165) is 12.0 Å². The summed E-state index contributed by atoms with van der Waals surface area (Å²) < 4.78 is 5.40. The van der Waals surface area contributed by atoms with Crippen LogP contribution in [0.25, 0.3) is 0 Å². The summed E-state index contributed by atoms with van der Waals surface area (Å²) >= 11 is 0. The van der Waals surface area contributed by atoms with E-state index in [1.54, 1.807) is 28.3 Å². The zero-order chi connectivity index (χ0) is 31.4. The van der Waals surface area contributed by atoms with Gasteiger partial charge < -0.3 is 15.0 Å². The highest BCUT2D eigenvalue weighted by Crippen LogP contribution is 2.34. The number of ether oxygens (including phenoxy) is 1. The number of aromatic nitrogens is 1. The van der Waals surface area contributed by atoms with Gasteiger partial charge in [0.05, 0.1) is 0 Å². The van der Waals surface area contributed by atoms with Gasteiger partial charge >= 0.3 is 6.09 Å². The molecule has 1 N–H and O–H groups in total. The van der Waals surface area contributed by atoms with Crippen LogP contribution in [0.1, 0.15) is 84.4 Å². The van der Waals surface area contributed by atoms with Gasteiger partial charge in [0.2, 0.25) is 5.91 Å². The van der Waals surface area contributed by atoms with Crippen molar-refractivity contribution in [1.29, 1.82) is 5.26 Å². The van der Waals surface area contributed by atoms with Gasteiger partial charge in [-0.25, -0.2) is 4.79 Å². The fourth-order valence-electron chi connectivity index (χ4n) is 5.66. The second-order valence-electron chi connectivity index (χ2n) is 13.4. The van der Waals surface area contributed by atoms with E-state index < -0.39 is 23.8 Å².